The third-order valence-corrected chi connectivity index (χ3v) is 12.4. The lowest BCUT2D eigenvalue weighted by atomic mass is 9.50. The zero-order valence-corrected chi connectivity index (χ0v) is 29.3. The molecular formula is C41H56N2O5. The van der Waals surface area contributed by atoms with Gasteiger partial charge in [-0.3, -0.25) is 14.5 Å². The van der Waals surface area contributed by atoms with Gasteiger partial charge in [-0.2, -0.15) is 0 Å². The Balaban J connectivity index is 0.984. The molecule has 2 saturated carbocycles. The maximum atomic E-state index is 13.9. The summed E-state index contributed by atoms with van der Waals surface area (Å²) in [5, 5.41) is 11.4. The molecule has 1 saturated heterocycles. The normalized spacial score (nSPS) is 26.9. The number of likely N-dealkylation sites (tertiary alicyclic amines) is 1. The van der Waals surface area contributed by atoms with Crippen molar-refractivity contribution in [3.05, 3.63) is 53.1 Å². The van der Waals surface area contributed by atoms with Crippen molar-refractivity contribution in [3.8, 4) is 17.2 Å². The van der Waals surface area contributed by atoms with Gasteiger partial charge in [-0.25, -0.2) is 0 Å². The first kappa shape index (κ1) is 33.4. The average molecular weight is 657 g/mol. The number of nitrogens with zero attached hydrogens (tertiary/aromatic N) is 2. The number of benzene rings is 2. The van der Waals surface area contributed by atoms with Gasteiger partial charge in [-0.1, -0.05) is 68.9 Å². The van der Waals surface area contributed by atoms with Gasteiger partial charge in [0.15, 0.2) is 11.5 Å². The highest BCUT2D eigenvalue weighted by atomic mass is 16.6. The van der Waals surface area contributed by atoms with Gasteiger partial charge in [0.25, 0.3) is 0 Å². The number of carbonyl (C=O) groups is 2. The minimum Gasteiger partial charge on any atom is -0.508 e. The number of esters is 1. The number of ether oxygens (including phenoxy) is 2. The Morgan fingerprint density at radius 1 is 1.00 bits per heavy atom. The number of unbranched alkanes of at least 4 members (excludes halogenated alkanes) is 7. The van der Waals surface area contributed by atoms with Crippen LogP contribution in [0.5, 0.6) is 17.2 Å². The third kappa shape index (κ3) is 6.48. The van der Waals surface area contributed by atoms with E-state index in [9.17, 15) is 14.7 Å². The highest BCUT2D eigenvalue weighted by molar-refractivity contribution is 5.77. The Morgan fingerprint density at radius 3 is 2.44 bits per heavy atom. The number of phenols is 1. The molecule has 48 heavy (non-hydrogen) atoms. The van der Waals surface area contributed by atoms with Gasteiger partial charge in [0.2, 0.25) is 5.91 Å². The molecule has 2 aliphatic heterocycles. The Bertz CT molecular complexity index is 1460. The molecule has 2 aromatic carbocycles. The first-order chi connectivity index (χ1) is 23.4. The van der Waals surface area contributed by atoms with Crippen LogP contribution in [-0.2, 0) is 27.8 Å². The third-order valence-electron chi connectivity index (χ3n) is 12.4. The van der Waals surface area contributed by atoms with E-state index in [2.05, 4.69) is 47.1 Å². The standard InChI is InChI=1S/C41H56N2O5/c1-3-43(37(46)18-14-9-7-5-4-6-8-11-15-29-16-12-10-13-17-29)33-22-21-32-34-25-31-35(45)26-36(47-28(2)44)39-38(31)41(32,40(33)48-39)23-24-42(34)27-30-19-20-30/h10,12-13,16-17,26,30,32-34,40,45H,3-9,11,14-15,18-25,27H2,1-2H3/t32-,33+,34+,40-,41-/m0/s1. The molecule has 1 N–H and O–H groups in total. The minimum absolute atomic E-state index is 0.0315. The molecule has 2 bridgehead atoms. The molecule has 0 unspecified atom stereocenters. The number of rotatable bonds is 16. The lowest BCUT2D eigenvalue weighted by Gasteiger charge is -2.60. The number of hydrogen-bond acceptors (Lipinski definition) is 6. The zero-order valence-electron chi connectivity index (χ0n) is 29.3. The van der Waals surface area contributed by atoms with Crippen molar-refractivity contribution < 1.29 is 24.2 Å². The van der Waals surface area contributed by atoms with E-state index in [1.165, 1.54) is 70.3 Å². The average Bonchev–Trinajstić information content (AvgIpc) is 3.83. The fourth-order valence-corrected chi connectivity index (χ4v) is 10.1. The van der Waals surface area contributed by atoms with Gasteiger partial charge in [0, 0.05) is 55.1 Å². The summed E-state index contributed by atoms with van der Waals surface area (Å²) in [4.78, 5) is 30.8. The largest absolute Gasteiger partial charge is 0.508 e. The van der Waals surface area contributed by atoms with Crippen molar-refractivity contribution in [3.63, 3.8) is 0 Å². The van der Waals surface area contributed by atoms with E-state index in [-0.39, 0.29) is 29.2 Å². The number of carbonyl (C=O) groups excluding carboxylic acids is 2. The highest BCUT2D eigenvalue weighted by Crippen LogP contribution is 2.66. The molecule has 7 nitrogen and oxygen atoms in total. The predicted octanol–water partition coefficient (Wildman–Crippen LogP) is 7.74. The molecule has 0 aromatic heterocycles. The van der Waals surface area contributed by atoms with Crippen molar-refractivity contribution in [2.45, 2.75) is 140 Å². The molecule has 2 aromatic rings. The monoisotopic (exact) mass is 656 g/mol. The summed E-state index contributed by atoms with van der Waals surface area (Å²) >= 11 is 0. The molecule has 260 valence electrons. The second kappa shape index (κ2) is 14.4. The Labute approximate surface area is 287 Å². The van der Waals surface area contributed by atoms with Crippen molar-refractivity contribution in [1.29, 1.82) is 0 Å². The van der Waals surface area contributed by atoms with Crippen LogP contribution in [0.1, 0.15) is 120 Å². The molecule has 7 rings (SSSR count). The summed E-state index contributed by atoms with van der Waals surface area (Å²) < 4.78 is 12.6. The van der Waals surface area contributed by atoms with Crippen LogP contribution in [-0.4, -0.2) is 64.6 Å². The number of aryl methyl sites for hydroxylation is 1. The molecule has 5 atom stereocenters. The predicted molar refractivity (Wildman–Crippen MR) is 188 cm³/mol. The van der Waals surface area contributed by atoms with Crippen molar-refractivity contribution in [2.24, 2.45) is 11.8 Å². The second-order valence-corrected chi connectivity index (χ2v) is 15.5. The molecule has 2 heterocycles. The number of aromatic hydroxyl groups is 1. The summed E-state index contributed by atoms with van der Waals surface area (Å²) in [5.41, 5.74) is 3.20. The van der Waals surface area contributed by atoms with E-state index >= 15 is 0 Å². The Hall–Kier alpha value is -3.06. The van der Waals surface area contributed by atoms with E-state index in [1.54, 1.807) is 6.07 Å². The summed E-state index contributed by atoms with van der Waals surface area (Å²) in [7, 11) is 0. The summed E-state index contributed by atoms with van der Waals surface area (Å²) in [5.74, 6) is 2.20. The van der Waals surface area contributed by atoms with Crippen LogP contribution < -0.4 is 9.47 Å². The summed E-state index contributed by atoms with van der Waals surface area (Å²) in [6.45, 7) is 6.32. The molecule has 3 aliphatic carbocycles. The van der Waals surface area contributed by atoms with Gasteiger partial charge < -0.3 is 19.5 Å². The quantitative estimate of drug-likeness (QED) is 0.113. The smallest absolute Gasteiger partial charge is 0.308 e. The lowest BCUT2D eigenvalue weighted by Crippen LogP contribution is -2.69. The van der Waals surface area contributed by atoms with Crippen molar-refractivity contribution in [1.82, 2.24) is 9.80 Å². The van der Waals surface area contributed by atoms with Crippen LogP contribution in [0.2, 0.25) is 0 Å². The van der Waals surface area contributed by atoms with E-state index in [0.717, 1.165) is 68.7 Å². The van der Waals surface area contributed by atoms with Crippen LogP contribution in [0.15, 0.2) is 36.4 Å². The van der Waals surface area contributed by atoms with Gasteiger partial charge in [0.1, 0.15) is 11.9 Å². The highest BCUT2D eigenvalue weighted by Gasteiger charge is 2.67. The van der Waals surface area contributed by atoms with E-state index in [1.807, 2.05) is 0 Å². The number of piperidine rings is 1. The minimum atomic E-state index is -0.420. The second-order valence-electron chi connectivity index (χ2n) is 15.5. The first-order valence-electron chi connectivity index (χ1n) is 19.2. The number of likely N-dealkylation sites (N-methyl/N-ethyl adjacent to an activating group) is 1. The SMILES string of the molecule is CCN(C(=O)CCCCCCCCCCc1ccccc1)[C@@H]1CC[C@H]2[C@H]3Cc4c(O)cc(OC(C)=O)c5c4[C@@]2(CCN3CC2CC2)[C@H]1O5. The van der Waals surface area contributed by atoms with Crippen LogP contribution in [0, 0.1) is 11.8 Å². The van der Waals surface area contributed by atoms with Crippen LogP contribution in [0.25, 0.3) is 0 Å². The number of amides is 1. The van der Waals surface area contributed by atoms with Crippen molar-refractivity contribution in [2.75, 3.05) is 19.6 Å². The van der Waals surface area contributed by atoms with E-state index in [0.29, 0.717) is 36.4 Å². The maximum absolute atomic E-state index is 13.9. The number of phenolic OH excluding ortho intramolecular Hbond substituents is 1. The fraction of sp³-hybridized carbons (Fsp3) is 0.659. The number of hydrogen-bond donors (Lipinski definition) is 1. The summed E-state index contributed by atoms with van der Waals surface area (Å²) in [6, 6.07) is 12.7. The molecule has 1 spiro atoms. The maximum Gasteiger partial charge on any atom is 0.308 e. The fourth-order valence-electron chi connectivity index (χ4n) is 10.1. The summed E-state index contributed by atoms with van der Waals surface area (Å²) in [6.07, 6.45) is 17.5. The van der Waals surface area contributed by atoms with Gasteiger partial charge in [0.05, 0.1) is 6.04 Å². The molecule has 1 amide bonds. The van der Waals surface area contributed by atoms with Crippen molar-refractivity contribution >= 4 is 11.9 Å². The molecule has 3 fully saturated rings. The van der Waals surface area contributed by atoms with Crippen LogP contribution >= 0.6 is 0 Å². The Kier molecular flexibility index (Phi) is 10.0. The zero-order chi connectivity index (χ0) is 33.3. The van der Waals surface area contributed by atoms with Gasteiger partial charge >= 0.3 is 5.97 Å². The first-order valence-corrected chi connectivity index (χ1v) is 19.2. The van der Waals surface area contributed by atoms with Crippen LogP contribution in [0.4, 0.5) is 0 Å². The van der Waals surface area contributed by atoms with Gasteiger partial charge in [-0.05, 0) is 88.7 Å². The molecule has 5 aliphatic rings. The van der Waals surface area contributed by atoms with Crippen LogP contribution in [0.3, 0.4) is 0 Å². The topological polar surface area (TPSA) is 79.3 Å². The Morgan fingerprint density at radius 2 is 1.73 bits per heavy atom. The van der Waals surface area contributed by atoms with E-state index < -0.39 is 5.97 Å². The molecular weight excluding hydrogens is 600 g/mol. The van der Waals surface area contributed by atoms with E-state index in [4.69, 9.17) is 9.47 Å². The van der Waals surface area contributed by atoms with Gasteiger partial charge in [-0.15, -0.1) is 0 Å². The molecule has 7 heteroatoms. The lowest BCUT2D eigenvalue weighted by molar-refractivity contribution is -0.142. The molecule has 0 radical (unpaired) electrons.